The van der Waals surface area contributed by atoms with Crippen LogP contribution in [0.25, 0.3) is 0 Å². The SMILES string of the molecule is CCC1CCCC(CN)(N2CCCC(C(C)(C)C)CC2)C1. The number of nitrogens with zero attached hydrogens (tertiary/aromatic N) is 1. The average molecular weight is 295 g/mol. The maximum Gasteiger partial charge on any atom is 0.0334 e. The molecule has 3 unspecified atom stereocenters. The Kier molecular flexibility index (Phi) is 5.76. The summed E-state index contributed by atoms with van der Waals surface area (Å²) in [5, 5.41) is 0. The fraction of sp³-hybridized carbons (Fsp3) is 1.00. The molecule has 0 amide bonds. The van der Waals surface area contributed by atoms with Crippen LogP contribution < -0.4 is 5.73 Å². The van der Waals surface area contributed by atoms with Crippen molar-refractivity contribution in [3.63, 3.8) is 0 Å². The molecule has 21 heavy (non-hydrogen) atoms. The zero-order valence-electron chi connectivity index (χ0n) is 15.0. The van der Waals surface area contributed by atoms with Gasteiger partial charge >= 0.3 is 0 Å². The Bertz CT molecular complexity index is 320. The second-order valence-corrected chi connectivity index (χ2v) is 8.78. The van der Waals surface area contributed by atoms with Crippen LogP contribution in [0.3, 0.4) is 0 Å². The lowest BCUT2D eigenvalue weighted by atomic mass is 9.73. The third-order valence-corrected chi connectivity index (χ3v) is 6.50. The molecule has 1 aliphatic heterocycles. The molecule has 2 rings (SSSR count). The van der Waals surface area contributed by atoms with Crippen molar-refractivity contribution in [1.82, 2.24) is 4.90 Å². The summed E-state index contributed by atoms with van der Waals surface area (Å²) in [6, 6.07) is 0. The van der Waals surface area contributed by atoms with Crippen LogP contribution in [0.2, 0.25) is 0 Å². The van der Waals surface area contributed by atoms with E-state index in [4.69, 9.17) is 5.73 Å². The standard InChI is InChI=1S/C19H38N2/c1-5-16-8-6-11-19(14-16,15-20)21-12-7-9-17(10-13-21)18(2,3)4/h16-17H,5-15,20H2,1-4H3. The number of hydrogen-bond donors (Lipinski definition) is 1. The molecule has 2 fully saturated rings. The van der Waals surface area contributed by atoms with E-state index in [1.54, 1.807) is 0 Å². The van der Waals surface area contributed by atoms with Crippen molar-refractivity contribution in [3.05, 3.63) is 0 Å². The van der Waals surface area contributed by atoms with Crippen molar-refractivity contribution in [1.29, 1.82) is 0 Å². The van der Waals surface area contributed by atoms with E-state index >= 15 is 0 Å². The van der Waals surface area contributed by atoms with Gasteiger partial charge in [-0.2, -0.15) is 0 Å². The highest BCUT2D eigenvalue weighted by Gasteiger charge is 2.41. The summed E-state index contributed by atoms with van der Waals surface area (Å²) < 4.78 is 0. The molecular weight excluding hydrogens is 256 g/mol. The molecule has 0 radical (unpaired) electrons. The van der Waals surface area contributed by atoms with Gasteiger partial charge in [0.05, 0.1) is 0 Å². The average Bonchev–Trinajstić information content (AvgIpc) is 2.73. The highest BCUT2D eigenvalue weighted by atomic mass is 15.2. The van der Waals surface area contributed by atoms with E-state index < -0.39 is 0 Å². The van der Waals surface area contributed by atoms with Gasteiger partial charge in [-0.15, -0.1) is 0 Å². The minimum Gasteiger partial charge on any atom is -0.329 e. The van der Waals surface area contributed by atoms with Gasteiger partial charge in [-0.25, -0.2) is 0 Å². The second-order valence-electron chi connectivity index (χ2n) is 8.78. The monoisotopic (exact) mass is 294 g/mol. The Morgan fingerprint density at radius 3 is 2.48 bits per heavy atom. The number of likely N-dealkylation sites (tertiary alicyclic amines) is 1. The lowest BCUT2D eigenvalue weighted by molar-refractivity contribution is 0.0351. The van der Waals surface area contributed by atoms with Crippen molar-refractivity contribution < 1.29 is 0 Å². The molecule has 2 heteroatoms. The molecule has 0 aromatic rings. The van der Waals surface area contributed by atoms with E-state index in [0.29, 0.717) is 11.0 Å². The van der Waals surface area contributed by atoms with Crippen LogP contribution in [0, 0.1) is 17.3 Å². The van der Waals surface area contributed by atoms with E-state index in [2.05, 4.69) is 32.6 Å². The molecule has 2 nitrogen and oxygen atoms in total. The maximum absolute atomic E-state index is 6.32. The molecule has 2 aliphatic rings. The summed E-state index contributed by atoms with van der Waals surface area (Å²) in [6.07, 6.45) is 11.0. The summed E-state index contributed by atoms with van der Waals surface area (Å²) in [4.78, 5) is 2.81. The lowest BCUT2D eigenvalue weighted by Gasteiger charge is -2.48. The fourth-order valence-corrected chi connectivity index (χ4v) is 4.85. The van der Waals surface area contributed by atoms with Gasteiger partial charge in [0.25, 0.3) is 0 Å². The third-order valence-electron chi connectivity index (χ3n) is 6.50. The maximum atomic E-state index is 6.32. The van der Waals surface area contributed by atoms with Gasteiger partial charge in [0.1, 0.15) is 0 Å². The summed E-state index contributed by atoms with van der Waals surface area (Å²) >= 11 is 0. The molecule has 1 aliphatic carbocycles. The van der Waals surface area contributed by atoms with Crippen LogP contribution in [0.4, 0.5) is 0 Å². The Hall–Kier alpha value is -0.0800. The van der Waals surface area contributed by atoms with E-state index in [1.807, 2.05) is 0 Å². The fourth-order valence-electron chi connectivity index (χ4n) is 4.85. The van der Waals surface area contributed by atoms with E-state index in [0.717, 1.165) is 18.4 Å². The second kappa shape index (κ2) is 7.00. The summed E-state index contributed by atoms with van der Waals surface area (Å²) in [5.41, 5.74) is 7.10. The molecule has 1 saturated carbocycles. The Morgan fingerprint density at radius 1 is 1.10 bits per heavy atom. The van der Waals surface area contributed by atoms with Gasteiger partial charge < -0.3 is 5.73 Å². The molecule has 0 bridgehead atoms. The minimum absolute atomic E-state index is 0.325. The largest absolute Gasteiger partial charge is 0.329 e. The van der Waals surface area contributed by atoms with Gasteiger partial charge in [0, 0.05) is 12.1 Å². The smallest absolute Gasteiger partial charge is 0.0334 e. The van der Waals surface area contributed by atoms with Crippen LogP contribution in [-0.2, 0) is 0 Å². The van der Waals surface area contributed by atoms with Crippen molar-refractivity contribution in [2.75, 3.05) is 19.6 Å². The van der Waals surface area contributed by atoms with Gasteiger partial charge in [0.15, 0.2) is 0 Å². The first-order chi connectivity index (χ1) is 9.91. The molecule has 124 valence electrons. The van der Waals surface area contributed by atoms with Crippen LogP contribution in [0.1, 0.15) is 79.1 Å². The summed E-state index contributed by atoms with van der Waals surface area (Å²) in [5.74, 6) is 1.78. The molecule has 2 N–H and O–H groups in total. The quantitative estimate of drug-likeness (QED) is 0.834. The zero-order valence-corrected chi connectivity index (χ0v) is 15.0. The predicted molar refractivity (Wildman–Crippen MR) is 92.4 cm³/mol. The van der Waals surface area contributed by atoms with Gasteiger partial charge in [0.2, 0.25) is 0 Å². The van der Waals surface area contributed by atoms with Crippen molar-refractivity contribution in [2.45, 2.75) is 84.6 Å². The van der Waals surface area contributed by atoms with Crippen LogP contribution in [-0.4, -0.2) is 30.1 Å². The third kappa shape index (κ3) is 4.01. The molecule has 0 spiro atoms. The first-order valence-corrected chi connectivity index (χ1v) is 9.36. The normalized spacial score (nSPS) is 36.4. The van der Waals surface area contributed by atoms with Crippen LogP contribution >= 0.6 is 0 Å². The zero-order chi connectivity index (χ0) is 15.5. The Balaban J connectivity index is 2.05. The minimum atomic E-state index is 0.325. The van der Waals surface area contributed by atoms with Crippen LogP contribution in [0.15, 0.2) is 0 Å². The highest BCUT2D eigenvalue weighted by molar-refractivity contribution is 4.97. The number of hydrogen-bond acceptors (Lipinski definition) is 2. The first-order valence-electron chi connectivity index (χ1n) is 9.36. The van der Waals surface area contributed by atoms with Crippen LogP contribution in [0.5, 0.6) is 0 Å². The van der Waals surface area contributed by atoms with Crippen molar-refractivity contribution in [3.8, 4) is 0 Å². The molecular formula is C19H38N2. The summed E-state index contributed by atoms with van der Waals surface area (Å²) in [6.45, 7) is 13.0. The van der Waals surface area contributed by atoms with Gasteiger partial charge in [-0.05, 0) is 62.4 Å². The van der Waals surface area contributed by atoms with Crippen molar-refractivity contribution in [2.24, 2.45) is 23.0 Å². The van der Waals surface area contributed by atoms with E-state index in [9.17, 15) is 0 Å². The molecule has 3 atom stereocenters. The molecule has 0 aromatic carbocycles. The summed E-state index contributed by atoms with van der Waals surface area (Å²) in [7, 11) is 0. The van der Waals surface area contributed by atoms with Crippen molar-refractivity contribution >= 4 is 0 Å². The number of rotatable bonds is 3. The highest BCUT2D eigenvalue weighted by Crippen LogP contribution is 2.41. The first kappa shape index (κ1) is 17.3. The Labute approximate surface area is 132 Å². The lowest BCUT2D eigenvalue weighted by Crippen LogP contribution is -2.56. The molecule has 0 aromatic heterocycles. The van der Waals surface area contributed by atoms with Gasteiger partial charge in [-0.3, -0.25) is 4.90 Å². The van der Waals surface area contributed by atoms with E-state index in [-0.39, 0.29) is 0 Å². The topological polar surface area (TPSA) is 29.3 Å². The molecule has 1 saturated heterocycles. The van der Waals surface area contributed by atoms with E-state index in [1.165, 1.54) is 64.5 Å². The number of nitrogens with two attached hydrogens (primary N) is 1. The molecule has 1 heterocycles. The van der Waals surface area contributed by atoms with Gasteiger partial charge in [-0.1, -0.05) is 47.0 Å². The Morgan fingerprint density at radius 2 is 1.86 bits per heavy atom. The predicted octanol–water partition coefficient (Wildman–Crippen LogP) is 4.43.